The summed E-state index contributed by atoms with van der Waals surface area (Å²) in [6.07, 6.45) is 10.3. The van der Waals surface area contributed by atoms with Gasteiger partial charge in [-0.1, -0.05) is 84.2 Å². The van der Waals surface area contributed by atoms with E-state index in [4.69, 9.17) is 0 Å². The van der Waals surface area contributed by atoms with Crippen molar-refractivity contribution >= 4 is 37.0 Å². The van der Waals surface area contributed by atoms with E-state index in [2.05, 4.69) is 44.0 Å². The van der Waals surface area contributed by atoms with Crippen LogP contribution in [-0.4, -0.2) is 5.75 Å². The Bertz CT molecular complexity index is 299. The monoisotopic (exact) mass is 332 g/mol. The van der Waals surface area contributed by atoms with Gasteiger partial charge in [-0.2, -0.15) is 12.6 Å². The van der Waals surface area contributed by atoms with Gasteiger partial charge in [-0.05, 0) is 22.7 Å². The fourth-order valence-corrected chi connectivity index (χ4v) is 2.21. The zero-order valence-electron chi connectivity index (χ0n) is 13.9. The van der Waals surface area contributed by atoms with E-state index in [1.807, 2.05) is 53.7 Å². The highest BCUT2D eigenvalue weighted by Crippen LogP contribution is 2.33. The maximum atomic E-state index is 4.31. The Morgan fingerprint density at radius 1 is 1.15 bits per heavy atom. The summed E-state index contributed by atoms with van der Waals surface area (Å²) in [5.74, 6) is 0.763. The first kappa shape index (κ1) is 25.0. The van der Waals surface area contributed by atoms with Crippen LogP contribution in [0.25, 0.3) is 0 Å². The minimum absolute atomic E-state index is 0.763. The molecule has 118 valence electrons. The Hall–Kier alpha value is 0.01000. The van der Waals surface area contributed by atoms with Crippen molar-refractivity contribution in [3.63, 3.8) is 0 Å². The highest BCUT2D eigenvalue weighted by atomic mass is 32.2. The van der Waals surface area contributed by atoms with Crippen molar-refractivity contribution < 1.29 is 0 Å². The second-order valence-corrected chi connectivity index (χ2v) is 5.14. The van der Waals surface area contributed by atoms with Crippen molar-refractivity contribution in [2.45, 2.75) is 54.4 Å². The van der Waals surface area contributed by atoms with Crippen LogP contribution in [0.3, 0.4) is 0 Å². The third-order valence-electron chi connectivity index (χ3n) is 1.76. The number of allylic oxidation sites excluding steroid dienone is 5. The van der Waals surface area contributed by atoms with Crippen molar-refractivity contribution in [3.05, 3.63) is 45.6 Å². The summed E-state index contributed by atoms with van der Waals surface area (Å²) < 4.78 is 0. The van der Waals surface area contributed by atoms with Crippen LogP contribution in [0.1, 0.15) is 54.4 Å². The van der Waals surface area contributed by atoms with Crippen LogP contribution in [0, 0.1) is 0 Å². The normalized spacial score (nSPS) is 12.6. The summed E-state index contributed by atoms with van der Waals surface area (Å²) in [5.41, 5.74) is 0. The van der Waals surface area contributed by atoms with Crippen LogP contribution in [0.15, 0.2) is 45.6 Å². The second-order valence-electron chi connectivity index (χ2n) is 2.94. The largest absolute Gasteiger partial charge is 0.175 e. The van der Waals surface area contributed by atoms with Crippen molar-refractivity contribution in [2.24, 2.45) is 0 Å². The quantitative estimate of drug-likeness (QED) is 0.402. The Balaban J connectivity index is -0.000000425. The Labute approximate surface area is 142 Å². The summed E-state index contributed by atoms with van der Waals surface area (Å²) in [5, 5.41) is 0. The molecule has 0 fully saturated rings. The molecule has 0 atom stereocenters. The molecular weight excluding hydrogens is 300 g/mol. The van der Waals surface area contributed by atoms with E-state index in [-0.39, 0.29) is 0 Å². The molecule has 3 heteroatoms. The Morgan fingerprint density at radius 3 is 2.10 bits per heavy atom. The van der Waals surface area contributed by atoms with E-state index in [9.17, 15) is 0 Å². The fraction of sp³-hybridized carbons (Fsp3) is 0.529. The number of hydrogen-bond donors (Lipinski definition) is 2. The molecule has 0 radical (unpaired) electrons. The minimum Gasteiger partial charge on any atom is -0.175 e. The van der Waals surface area contributed by atoms with E-state index in [0.717, 1.165) is 28.4 Å². The SMILES string of the molecule is C=C(/C=C\CS)SC1=CC=C(S)CC1.CC.CC.CC. The van der Waals surface area contributed by atoms with E-state index < -0.39 is 0 Å². The zero-order chi connectivity index (χ0) is 16.4. The first-order valence-corrected chi connectivity index (χ1v) is 9.35. The molecule has 0 aromatic rings. The molecule has 0 aliphatic heterocycles. The van der Waals surface area contributed by atoms with Gasteiger partial charge in [0.25, 0.3) is 0 Å². The lowest BCUT2D eigenvalue weighted by Crippen LogP contribution is -1.86. The lowest BCUT2D eigenvalue weighted by molar-refractivity contribution is 1.01. The van der Waals surface area contributed by atoms with Crippen LogP contribution in [-0.2, 0) is 0 Å². The minimum atomic E-state index is 0.763. The summed E-state index contributed by atoms with van der Waals surface area (Å²) in [6.45, 7) is 16.0. The average Bonchev–Trinajstić information content (AvgIpc) is 2.53. The highest BCUT2D eigenvalue weighted by Gasteiger charge is 2.04. The van der Waals surface area contributed by atoms with Crippen molar-refractivity contribution in [1.82, 2.24) is 0 Å². The molecule has 0 nitrogen and oxygen atoms in total. The molecular formula is C17H32S3. The molecule has 0 amide bonds. The number of thiol groups is 2. The molecule has 0 unspecified atom stereocenters. The summed E-state index contributed by atoms with van der Waals surface area (Å²) >= 11 is 10.1. The average molecular weight is 333 g/mol. The predicted octanol–water partition coefficient (Wildman–Crippen LogP) is 7.29. The van der Waals surface area contributed by atoms with Crippen LogP contribution in [0.2, 0.25) is 0 Å². The number of rotatable bonds is 4. The third kappa shape index (κ3) is 16.1. The summed E-state index contributed by atoms with van der Waals surface area (Å²) in [4.78, 5) is 3.59. The molecule has 1 aliphatic carbocycles. The van der Waals surface area contributed by atoms with Gasteiger partial charge in [0, 0.05) is 10.7 Å². The van der Waals surface area contributed by atoms with Gasteiger partial charge < -0.3 is 0 Å². The molecule has 0 aromatic heterocycles. The van der Waals surface area contributed by atoms with Crippen molar-refractivity contribution in [2.75, 3.05) is 5.75 Å². The molecule has 0 aromatic carbocycles. The first-order chi connectivity index (χ1) is 9.72. The number of thioether (sulfide) groups is 1. The Morgan fingerprint density at radius 2 is 1.70 bits per heavy atom. The van der Waals surface area contributed by atoms with Crippen LogP contribution in [0.5, 0.6) is 0 Å². The van der Waals surface area contributed by atoms with Gasteiger partial charge in [-0.25, -0.2) is 0 Å². The number of hydrogen-bond acceptors (Lipinski definition) is 3. The van der Waals surface area contributed by atoms with Crippen LogP contribution in [0.4, 0.5) is 0 Å². The molecule has 0 spiro atoms. The smallest absolute Gasteiger partial charge is 0.00860 e. The van der Waals surface area contributed by atoms with Gasteiger partial charge in [0.2, 0.25) is 0 Å². The fourth-order valence-electron chi connectivity index (χ4n) is 1.08. The lowest BCUT2D eigenvalue weighted by Gasteiger charge is -2.10. The van der Waals surface area contributed by atoms with Crippen molar-refractivity contribution in [3.8, 4) is 0 Å². The topological polar surface area (TPSA) is 0 Å². The maximum Gasteiger partial charge on any atom is 0.00860 e. The lowest BCUT2D eigenvalue weighted by atomic mass is 10.2. The van der Waals surface area contributed by atoms with E-state index >= 15 is 0 Å². The van der Waals surface area contributed by atoms with Crippen LogP contribution >= 0.6 is 37.0 Å². The summed E-state index contributed by atoms with van der Waals surface area (Å²) in [7, 11) is 0. The molecule has 1 rings (SSSR count). The van der Waals surface area contributed by atoms with Gasteiger partial charge in [-0.15, -0.1) is 12.6 Å². The van der Waals surface area contributed by atoms with E-state index in [0.29, 0.717) is 0 Å². The van der Waals surface area contributed by atoms with Gasteiger partial charge in [-0.3, -0.25) is 0 Å². The first-order valence-electron chi connectivity index (χ1n) is 7.45. The molecule has 20 heavy (non-hydrogen) atoms. The standard InChI is InChI=1S/C11H14S3.3C2H6/c1-9(3-2-8-12)14-11-6-4-10(13)5-7-11;3*1-2/h2-4,6,12-13H,1,5,7-8H2;3*1-2H3/b3-2-;;;. The maximum absolute atomic E-state index is 4.31. The summed E-state index contributed by atoms with van der Waals surface area (Å²) in [6, 6.07) is 0. The van der Waals surface area contributed by atoms with E-state index in [1.54, 1.807) is 11.8 Å². The van der Waals surface area contributed by atoms with Gasteiger partial charge >= 0.3 is 0 Å². The third-order valence-corrected chi connectivity index (χ3v) is 3.34. The van der Waals surface area contributed by atoms with Gasteiger partial charge in [0.15, 0.2) is 0 Å². The van der Waals surface area contributed by atoms with Crippen molar-refractivity contribution in [1.29, 1.82) is 0 Å². The van der Waals surface area contributed by atoms with Gasteiger partial charge in [0.05, 0.1) is 0 Å². The molecule has 0 bridgehead atoms. The zero-order valence-corrected chi connectivity index (χ0v) is 16.5. The molecule has 0 saturated heterocycles. The highest BCUT2D eigenvalue weighted by molar-refractivity contribution is 8.06. The molecule has 1 aliphatic rings. The van der Waals surface area contributed by atoms with Gasteiger partial charge in [0.1, 0.15) is 0 Å². The molecule has 0 saturated carbocycles. The predicted molar refractivity (Wildman–Crippen MR) is 108 cm³/mol. The molecule has 0 heterocycles. The van der Waals surface area contributed by atoms with E-state index in [1.165, 1.54) is 4.91 Å². The van der Waals surface area contributed by atoms with Crippen LogP contribution < -0.4 is 0 Å². The Kier molecular flexibility index (Phi) is 26.6. The second kappa shape index (κ2) is 21.3. The molecule has 0 N–H and O–H groups in total.